The summed E-state index contributed by atoms with van der Waals surface area (Å²) in [6, 6.07) is 6.86. The van der Waals surface area contributed by atoms with Crippen molar-refractivity contribution < 1.29 is 9.13 Å². The predicted octanol–water partition coefficient (Wildman–Crippen LogP) is 2.58. The molecule has 4 nitrogen and oxygen atoms in total. The van der Waals surface area contributed by atoms with Crippen LogP contribution in [0.4, 0.5) is 4.39 Å². The highest BCUT2D eigenvalue weighted by molar-refractivity contribution is 5.77. The molecule has 0 heterocycles. The zero-order valence-corrected chi connectivity index (χ0v) is 13.3. The van der Waals surface area contributed by atoms with E-state index in [-0.39, 0.29) is 11.2 Å². The second-order valence-corrected chi connectivity index (χ2v) is 5.97. The second-order valence-electron chi connectivity index (χ2n) is 5.97. The Morgan fingerprint density at radius 3 is 2.59 bits per heavy atom. The van der Waals surface area contributed by atoms with Gasteiger partial charge in [0.25, 0.3) is 0 Å². The molecule has 0 saturated heterocycles. The largest absolute Gasteiger partial charge is 0.383 e. The van der Waals surface area contributed by atoms with Crippen LogP contribution in [0.2, 0.25) is 0 Å². The zero-order chi connectivity index (χ0) is 15.8. The van der Waals surface area contributed by atoms with Crippen molar-refractivity contribution in [1.29, 1.82) is 0 Å². The van der Waals surface area contributed by atoms with Crippen LogP contribution in [0.1, 0.15) is 37.7 Å². The van der Waals surface area contributed by atoms with Crippen molar-refractivity contribution in [2.24, 2.45) is 10.7 Å². The van der Waals surface area contributed by atoms with Gasteiger partial charge in [0, 0.05) is 19.1 Å². The molecule has 0 atom stereocenters. The number of halogens is 1. The first-order valence-corrected chi connectivity index (χ1v) is 7.95. The molecule has 1 fully saturated rings. The Balaban J connectivity index is 2.09. The van der Waals surface area contributed by atoms with E-state index in [0.29, 0.717) is 25.7 Å². The molecule has 1 saturated carbocycles. The molecule has 0 aliphatic heterocycles. The van der Waals surface area contributed by atoms with Crippen LogP contribution in [-0.2, 0) is 10.2 Å². The summed E-state index contributed by atoms with van der Waals surface area (Å²) >= 11 is 0. The van der Waals surface area contributed by atoms with Crippen LogP contribution in [-0.4, -0.2) is 32.8 Å². The molecule has 122 valence electrons. The minimum absolute atomic E-state index is 0.0144. The summed E-state index contributed by atoms with van der Waals surface area (Å²) < 4.78 is 18.2. The summed E-state index contributed by atoms with van der Waals surface area (Å²) in [5.74, 6) is 0.253. The molecule has 22 heavy (non-hydrogen) atoms. The minimum Gasteiger partial charge on any atom is -0.383 e. The van der Waals surface area contributed by atoms with E-state index in [1.54, 1.807) is 7.11 Å². The lowest BCUT2D eigenvalue weighted by atomic mass is 9.69. The number of guanidine groups is 1. The molecule has 0 unspecified atom stereocenters. The van der Waals surface area contributed by atoms with Crippen molar-refractivity contribution in [3.63, 3.8) is 0 Å². The number of aliphatic imine (C=N–C) groups is 1. The smallest absolute Gasteiger partial charge is 0.188 e. The van der Waals surface area contributed by atoms with Gasteiger partial charge in [0.15, 0.2) is 5.96 Å². The van der Waals surface area contributed by atoms with E-state index in [4.69, 9.17) is 10.5 Å². The minimum atomic E-state index is -0.195. The lowest BCUT2D eigenvalue weighted by molar-refractivity contribution is 0.204. The lowest BCUT2D eigenvalue weighted by Gasteiger charge is -2.36. The van der Waals surface area contributed by atoms with Crippen LogP contribution < -0.4 is 11.1 Å². The van der Waals surface area contributed by atoms with Gasteiger partial charge in [-0.2, -0.15) is 0 Å². The number of benzene rings is 1. The summed E-state index contributed by atoms with van der Waals surface area (Å²) in [5.41, 5.74) is 7.07. The molecule has 5 heteroatoms. The topological polar surface area (TPSA) is 59.6 Å². The van der Waals surface area contributed by atoms with Gasteiger partial charge in [-0.05, 0) is 30.5 Å². The van der Waals surface area contributed by atoms with Gasteiger partial charge in [0.1, 0.15) is 5.82 Å². The second kappa shape index (κ2) is 8.13. The molecule has 0 amide bonds. The van der Waals surface area contributed by atoms with Gasteiger partial charge in [0.2, 0.25) is 0 Å². The normalized spacial score (nSPS) is 18.2. The number of ether oxygens (including phenoxy) is 1. The third kappa shape index (κ3) is 4.44. The average Bonchev–Trinajstić information content (AvgIpc) is 2.55. The van der Waals surface area contributed by atoms with Gasteiger partial charge in [-0.1, -0.05) is 31.4 Å². The van der Waals surface area contributed by atoms with Crippen LogP contribution in [0.25, 0.3) is 0 Å². The van der Waals surface area contributed by atoms with Crippen LogP contribution in [0.15, 0.2) is 29.3 Å². The van der Waals surface area contributed by atoms with E-state index in [0.717, 1.165) is 12.8 Å². The average molecular weight is 307 g/mol. The monoisotopic (exact) mass is 307 g/mol. The highest BCUT2D eigenvalue weighted by atomic mass is 19.1. The van der Waals surface area contributed by atoms with E-state index in [9.17, 15) is 4.39 Å². The quantitative estimate of drug-likeness (QED) is 0.482. The Hall–Kier alpha value is -1.62. The lowest BCUT2D eigenvalue weighted by Crippen LogP contribution is -2.38. The van der Waals surface area contributed by atoms with Gasteiger partial charge in [-0.3, -0.25) is 4.99 Å². The maximum Gasteiger partial charge on any atom is 0.188 e. The Labute approximate surface area is 132 Å². The number of hydrogen-bond donors (Lipinski definition) is 2. The highest BCUT2D eigenvalue weighted by Gasteiger charge is 2.33. The molecule has 0 aromatic heterocycles. The third-order valence-corrected chi connectivity index (χ3v) is 4.43. The van der Waals surface area contributed by atoms with Crippen molar-refractivity contribution in [2.45, 2.75) is 37.5 Å². The number of rotatable bonds is 6. The van der Waals surface area contributed by atoms with Gasteiger partial charge >= 0.3 is 0 Å². The molecule has 0 spiro atoms. The van der Waals surface area contributed by atoms with Crippen molar-refractivity contribution in [3.05, 3.63) is 35.6 Å². The number of hydrogen-bond acceptors (Lipinski definition) is 2. The summed E-state index contributed by atoms with van der Waals surface area (Å²) in [6.07, 6.45) is 5.78. The molecule has 2 rings (SSSR count). The van der Waals surface area contributed by atoms with Gasteiger partial charge < -0.3 is 15.8 Å². The standard InChI is InChI=1S/C17H26FN3O/c1-22-12-11-20-16(19)21-13-17(9-3-2-4-10-17)14-5-7-15(18)8-6-14/h5-8H,2-4,9-13H2,1H3,(H3,19,20,21). The maximum atomic E-state index is 13.2. The molecule has 1 aliphatic rings. The molecule has 1 aromatic rings. The number of nitrogens with zero attached hydrogens (tertiary/aromatic N) is 1. The Morgan fingerprint density at radius 2 is 1.95 bits per heavy atom. The number of methoxy groups -OCH3 is 1. The zero-order valence-electron chi connectivity index (χ0n) is 13.3. The van der Waals surface area contributed by atoms with E-state index in [2.05, 4.69) is 10.3 Å². The van der Waals surface area contributed by atoms with Gasteiger partial charge in [-0.15, -0.1) is 0 Å². The van der Waals surface area contributed by atoms with Crippen LogP contribution in [0.5, 0.6) is 0 Å². The summed E-state index contributed by atoms with van der Waals surface area (Å²) in [5, 5.41) is 3.04. The molecule has 1 aromatic carbocycles. The first-order valence-electron chi connectivity index (χ1n) is 7.95. The van der Waals surface area contributed by atoms with Crippen molar-refractivity contribution >= 4 is 5.96 Å². The highest BCUT2D eigenvalue weighted by Crippen LogP contribution is 2.39. The molecule has 1 aliphatic carbocycles. The van der Waals surface area contributed by atoms with Crippen molar-refractivity contribution in [3.8, 4) is 0 Å². The number of nitrogens with two attached hydrogens (primary N) is 1. The number of nitrogens with one attached hydrogen (secondary N) is 1. The summed E-state index contributed by atoms with van der Waals surface area (Å²) in [6.45, 7) is 1.89. The molecular formula is C17H26FN3O. The fraction of sp³-hybridized carbons (Fsp3) is 0.588. The van der Waals surface area contributed by atoms with Gasteiger partial charge in [0.05, 0.1) is 13.2 Å². The Kier molecular flexibility index (Phi) is 6.19. The first-order chi connectivity index (χ1) is 10.7. The Morgan fingerprint density at radius 1 is 1.27 bits per heavy atom. The van der Waals surface area contributed by atoms with Crippen LogP contribution in [0, 0.1) is 5.82 Å². The molecule has 0 bridgehead atoms. The van der Waals surface area contributed by atoms with E-state index >= 15 is 0 Å². The van der Waals surface area contributed by atoms with Gasteiger partial charge in [-0.25, -0.2) is 4.39 Å². The summed E-state index contributed by atoms with van der Waals surface area (Å²) in [7, 11) is 1.65. The maximum absolute atomic E-state index is 13.2. The molecule has 0 radical (unpaired) electrons. The van der Waals surface area contributed by atoms with E-state index in [1.807, 2.05) is 12.1 Å². The fourth-order valence-corrected chi connectivity index (χ4v) is 3.14. The third-order valence-electron chi connectivity index (χ3n) is 4.43. The van der Waals surface area contributed by atoms with E-state index < -0.39 is 0 Å². The van der Waals surface area contributed by atoms with Crippen LogP contribution in [0.3, 0.4) is 0 Å². The predicted molar refractivity (Wildman–Crippen MR) is 87.5 cm³/mol. The SMILES string of the molecule is COCCNC(N)=NCC1(c2ccc(F)cc2)CCCCC1. The van der Waals surface area contributed by atoms with Crippen molar-refractivity contribution in [2.75, 3.05) is 26.8 Å². The Bertz CT molecular complexity index is 481. The van der Waals surface area contributed by atoms with Crippen LogP contribution >= 0.6 is 0 Å². The molecule has 3 N–H and O–H groups in total. The summed E-state index contributed by atoms with van der Waals surface area (Å²) in [4.78, 5) is 4.52. The van der Waals surface area contributed by atoms with Crippen molar-refractivity contribution in [1.82, 2.24) is 5.32 Å². The van der Waals surface area contributed by atoms with E-state index in [1.165, 1.54) is 37.0 Å². The molecular weight excluding hydrogens is 281 g/mol. The first kappa shape index (κ1) is 16.7. The fourth-order valence-electron chi connectivity index (χ4n) is 3.14.